The number of hydrogen-bond acceptors (Lipinski definition) is 4. The van der Waals surface area contributed by atoms with Crippen molar-refractivity contribution in [1.29, 1.82) is 0 Å². The van der Waals surface area contributed by atoms with Crippen LogP contribution in [0.15, 0.2) is 30.7 Å². The van der Waals surface area contributed by atoms with E-state index in [9.17, 15) is 0 Å². The van der Waals surface area contributed by atoms with Crippen LogP contribution in [0.3, 0.4) is 0 Å². The van der Waals surface area contributed by atoms with E-state index in [4.69, 9.17) is 5.73 Å². The number of nitrogens with zero attached hydrogens (tertiary/aromatic N) is 3. The zero-order valence-corrected chi connectivity index (χ0v) is 7.81. The molecule has 0 aliphatic rings. The van der Waals surface area contributed by atoms with Crippen LogP contribution in [-0.2, 0) is 0 Å². The molecule has 0 aromatic carbocycles. The van der Waals surface area contributed by atoms with Crippen LogP contribution in [0.5, 0.6) is 0 Å². The Labute approximate surface area is 81.9 Å². The predicted molar refractivity (Wildman–Crippen MR) is 54.4 cm³/mol. The van der Waals surface area contributed by atoms with Gasteiger partial charge in [-0.2, -0.15) is 0 Å². The number of aromatic nitrogens is 3. The molecule has 2 rings (SSSR count). The zero-order valence-electron chi connectivity index (χ0n) is 7.81. The van der Waals surface area contributed by atoms with Crippen LogP contribution in [0.25, 0.3) is 11.3 Å². The summed E-state index contributed by atoms with van der Waals surface area (Å²) in [7, 11) is 0. The molecular weight excluding hydrogens is 176 g/mol. The minimum Gasteiger partial charge on any atom is -0.384 e. The molecule has 0 atom stereocenters. The minimum atomic E-state index is 0.523. The van der Waals surface area contributed by atoms with Crippen molar-refractivity contribution in [2.24, 2.45) is 0 Å². The number of hydrogen-bond donors (Lipinski definition) is 1. The molecule has 0 spiro atoms. The van der Waals surface area contributed by atoms with Gasteiger partial charge in [0.1, 0.15) is 5.82 Å². The SMILES string of the molecule is Cc1nc(N)ccc1-c1cnccn1. The fourth-order valence-electron chi connectivity index (χ4n) is 1.29. The lowest BCUT2D eigenvalue weighted by atomic mass is 10.1. The molecule has 2 aromatic rings. The van der Waals surface area contributed by atoms with Gasteiger partial charge in [-0.15, -0.1) is 0 Å². The zero-order chi connectivity index (χ0) is 9.97. The summed E-state index contributed by atoms with van der Waals surface area (Å²) in [6, 6.07) is 3.67. The maximum Gasteiger partial charge on any atom is 0.123 e. The lowest BCUT2D eigenvalue weighted by Crippen LogP contribution is -1.95. The number of nitrogens with two attached hydrogens (primary N) is 1. The highest BCUT2D eigenvalue weighted by molar-refractivity contribution is 5.62. The number of anilines is 1. The van der Waals surface area contributed by atoms with Crippen LogP contribution in [0, 0.1) is 6.92 Å². The molecule has 14 heavy (non-hydrogen) atoms. The molecule has 4 nitrogen and oxygen atoms in total. The fourth-order valence-corrected chi connectivity index (χ4v) is 1.29. The molecule has 2 N–H and O–H groups in total. The van der Waals surface area contributed by atoms with E-state index in [0.29, 0.717) is 5.82 Å². The summed E-state index contributed by atoms with van der Waals surface area (Å²) in [6.45, 7) is 1.90. The molecule has 0 radical (unpaired) electrons. The monoisotopic (exact) mass is 186 g/mol. The topological polar surface area (TPSA) is 64.7 Å². The van der Waals surface area contributed by atoms with E-state index in [0.717, 1.165) is 17.0 Å². The number of nitrogen functional groups attached to an aromatic ring is 1. The molecule has 0 aliphatic carbocycles. The van der Waals surface area contributed by atoms with Crippen LogP contribution < -0.4 is 5.73 Å². The Hall–Kier alpha value is -1.97. The normalized spacial score (nSPS) is 10.1. The quantitative estimate of drug-likeness (QED) is 0.731. The first-order valence-corrected chi connectivity index (χ1v) is 4.27. The molecule has 0 unspecified atom stereocenters. The highest BCUT2D eigenvalue weighted by atomic mass is 14.8. The first-order valence-electron chi connectivity index (χ1n) is 4.27. The van der Waals surface area contributed by atoms with E-state index in [1.807, 2.05) is 13.0 Å². The molecular formula is C10H10N4. The van der Waals surface area contributed by atoms with Gasteiger partial charge in [0.05, 0.1) is 11.9 Å². The second-order valence-electron chi connectivity index (χ2n) is 2.96. The predicted octanol–water partition coefficient (Wildman–Crippen LogP) is 1.43. The van der Waals surface area contributed by atoms with Crippen molar-refractivity contribution in [2.45, 2.75) is 6.92 Å². The van der Waals surface area contributed by atoms with E-state index >= 15 is 0 Å². The van der Waals surface area contributed by atoms with Gasteiger partial charge in [0.25, 0.3) is 0 Å². The average Bonchev–Trinajstić information content (AvgIpc) is 2.19. The van der Waals surface area contributed by atoms with Crippen molar-refractivity contribution in [3.63, 3.8) is 0 Å². The Kier molecular flexibility index (Phi) is 2.10. The Morgan fingerprint density at radius 1 is 1.21 bits per heavy atom. The van der Waals surface area contributed by atoms with Gasteiger partial charge in [0, 0.05) is 23.7 Å². The van der Waals surface area contributed by atoms with Crippen molar-refractivity contribution in [2.75, 3.05) is 5.73 Å². The van der Waals surface area contributed by atoms with Gasteiger partial charge in [-0.25, -0.2) is 4.98 Å². The van der Waals surface area contributed by atoms with Crippen molar-refractivity contribution in [3.8, 4) is 11.3 Å². The van der Waals surface area contributed by atoms with Gasteiger partial charge in [-0.1, -0.05) is 0 Å². The molecule has 0 saturated carbocycles. The van der Waals surface area contributed by atoms with E-state index < -0.39 is 0 Å². The molecule has 0 aliphatic heterocycles. The highest BCUT2D eigenvalue weighted by Gasteiger charge is 2.03. The maximum atomic E-state index is 5.56. The van der Waals surface area contributed by atoms with E-state index in [-0.39, 0.29) is 0 Å². The molecule has 0 fully saturated rings. The average molecular weight is 186 g/mol. The van der Waals surface area contributed by atoms with Crippen molar-refractivity contribution >= 4 is 5.82 Å². The van der Waals surface area contributed by atoms with Gasteiger partial charge in [-0.3, -0.25) is 9.97 Å². The van der Waals surface area contributed by atoms with Gasteiger partial charge in [0.2, 0.25) is 0 Å². The van der Waals surface area contributed by atoms with Crippen molar-refractivity contribution < 1.29 is 0 Å². The van der Waals surface area contributed by atoms with Gasteiger partial charge in [0.15, 0.2) is 0 Å². The van der Waals surface area contributed by atoms with E-state index in [1.165, 1.54) is 0 Å². The van der Waals surface area contributed by atoms with Crippen LogP contribution in [0.2, 0.25) is 0 Å². The minimum absolute atomic E-state index is 0.523. The molecule has 0 bridgehead atoms. The van der Waals surface area contributed by atoms with Gasteiger partial charge < -0.3 is 5.73 Å². The third-order valence-electron chi connectivity index (χ3n) is 1.95. The highest BCUT2D eigenvalue weighted by Crippen LogP contribution is 2.19. The first-order chi connectivity index (χ1) is 6.77. The standard InChI is InChI=1S/C10H10N4/c1-7-8(2-3-10(11)14-7)9-6-12-4-5-13-9/h2-6H,1H3,(H2,11,14). The molecule has 2 aromatic heterocycles. The molecule has 4 heteroatoms. The Bertz CT molecular complexity index is 439. The molecule has 70 valence electrons. The second kappa shape index (κ2) is 3.41. The van der Waals surface area contributed by atoms with Gasteiger partial charge in [-0.05, 0) is 19.1 Å². The Morgan fingerprint density at radius 3 is 2.71 bits per heavy atom. The maximum absolute atomic E-state index is 5.56. The summed E-state index contributed by atoms with van der Waals surface area (Å²) in [5.41, 5.74) is 8.21. The van der Waals surface area contributed by atoms with Crippen molar-refractivity contribution in [1.82, 2.24) is 15.0 Å². The summed E-state index contributed by atoms with van der Waals surface area (Å²) in [6.07, 6.45) is 5.01. The summed E-state index contributed by atoms with van der Waals surface area (Å²) >= 11 is 0. The third-order valence-corrected chi connectivity index (χ3v) is 1.95. The molecule has 2 heterocycles. The summed E-state index contributed by atoms with van der Waals surface area (Å²) < 4.78 is 0. The molecule has 0 saturated heterocycles. The number of pyridine rings is 1. The number of aryl methyl sites for hydroxylation is 1. The Morgan fingerprint density at radius 2 is 2.07 bits per heavy atom. The Balaban J connectivity index is 2.53. The summed E-state index contributed by atoms with van der Waals surface area (Å²) in [5.74, 6) is 0.523. The first kappa shape index (κ1) is 8.62. The van der Waals surface area contributed by atoms with Crippen LogP contribution in [0.1, 0.15) is 5.69 Å². The fraction of sp³-hybridized carbons (Fsp3) is 0.100. The van der Waals surface area contributed by atoms with Crippen LogP contribution in [0.4, 0.5) is 5.82 Å². The summed E-state index contributed by atoms with van der Waals surface area (Å²) in [5, 5.41) is 0. The largest absolute Gasteiger partial charge is 0.384 e. The summed E-state index contributed by atoms with van der Waals surface area (Å²) in [4.78, 5) is 12.4. The lowest BCUT2D eigenvalue weighted by Gasteiger charge is -2.03. The van der Waals surface area contributed by atoms with E-state index in [1.54, 1.807) is 24.7 Å². The van der Waals surface area contributed by atoms with Crippen molar-refractivity contribution in [3.05, 3.63) is 36.4 Å². The lowest BCUT2D eigenvalue weighted by molar-refractivity contribution is 1.16. The van der Waals surface area contributed by atoms with E-state index in [2.05, 4.69) is 15.0 Å². The number of rotatable bonds is 1. The molecule has 0 amide bonds. The second-order valence-corrected chi connectivity index (χ2v) is 2.96. The third kappa shape index (κ3) is 1.54. The smallest absolute Gasteiger partial charge is 0.123 e. The van der Waals surface area contributed by atoms with Gasteiger partial charge >= 0.3 is 0 Å². The van der Waals surface area contributed by atoms with Crippen LogP contribution >= 0.6 is 0 Å². The van der Waals surface area contributed by atoms with Crippen LogP contribution in [-0.4, -0.2) is 15.0 Å².